The maximum absolute atomic E-state index is 12.3. The van der Waals surface area contributed by atoms with Crippen LogP contribution in [0.3, 0.4) is 0 Å². The van der Waals surface area contributed by atoms with Crippen LogP contribution in [0, 0.1) is 19.8 Å². The van der Waals surface area contributed by atoms with Crippen LogP contribution in [0.5, 0.6) is 5.75 Å². The summed E-state index contributed by atoms with van der Waals surface area (Å²) in [5.41, 5.74) is 2.51. The fourth-order valence-corrected chi connectivity index (χ4v) is 3.12. The molecule has 1 aromatic carbocycles. The summed E-state index contributed by atoms with van der Waals surface area (Å²) in [6.45, 7) is 7.60. The van der Waals surface area contributed by atoms with Gasteiger partial charge in [-0.15, -0.1) is 0 Å². The first-order chi connectivity index (χ1) is 11.1. The van der Waals surface area contributed by atoms with E-state index in [1.54, 1.807) is 0 Å². The van der Waals surface area contributed by atoms with Crippen molar-refractivity contribution in [2.45, 2.75) is 39.5 Å². The molecule has 2 rings (SSSR count). The third-order valence-corrected chi connectivity index (χ3v) is 4.65. The standard InChI is InChI=1S/C19H30N2O2/c1-15-8-9-18(12-16(15)2)23-11-5-7-19(22)21-10-4-6-17(14-21)13-20-3/h8-9,12,17,20H,4-7,10-11,13-14H2,1-3H3/t17-/m0/s1. The third kappa shape index (κ3) is 5.54. The van der Waals surface area contributed by atoms with E-state index in [1.165, 1.54) is 17.5 Å². The molecule has 128 valence electrons. The Morgan fingerprint density at radius 3 is 2.91 bits per heavy atom. The van der Waals surface area contributed by atoms with Crippen LogP contribution in [0.25, 0.3) is 0 Å². The van der Waals surface area contributed by atoms with Crippen molar-refractivity contribution in [1.29, 1.82) is 0 Å². The first-order valence-corrected chi connectivity index (χ1v) is 8.72. The molecular weight excluding hydrogens is 288 g/mol. The summed E-state index contributed by atoms with van der Waals surface area (Å²) in [6.07, 6.45) is 3.70. The highest BCUT2D eigenvalue weighted by Crippen LogP contribution is 2.18. The van der Waals surface area contributed by atoms with Crippen molar-refractivity contribution in [3.8, 4) is 5.75 Å². The topological polar surface area (TPSA) is 41.6 Å². The largest absolute Gasteiger partial charge is 0.494 e. The Hall–Kier alpha value is -1.55. The molecule has 0 aliphatic carbocycles. The molecule has 1 saturated heterocycles. The molecule has 1 aliphatic heterocycles. The van der Waals surface area contributed by atoms with Gasteiger partial charge in [-0.1, -0.05) is 6.07 Å². The van der Waals surface area contributed by atoms with Gasteiger partial charge in [-0.05, 0) is 75.9 Å². The Morgan fingerprint density at radius 2 is 2.17 bits per heavy atom. The van der Waals surface area contributed by atoms with Crippen molar-refractivity contribution in [2.75, 3.05) is 33.3 Å². The quantitative estimate of drug-likeness (QED) is 0.786. The van der Waals surface area contributed by atoms with E-state index in [9.17, 15) is 4.79 Å². The van der Waals surface area contributed by atoms with E-state index in [1.807, 2.05) is 18.0 Å². The molecule has 0 unspecified atom stereocenters. The lowest BCUT2D eigenvalue weighted by Crippen LogP contribution is -2.42. The molecule has 0 aromatic heterocycles. The van der Waals surface area contributed by atoms with Crippen LogP contribution in [0.1, 0.15) is 36.8 Å². The van der Waals surface area contributed by atoms with E-state index in [0.29, 0.717) is 18.9 Å². The van der Waals surface area contributed by atoms with Crippen LogP contribution < -0.4 is 10.1 Å². The average molecular weight is 318 g/mol. The van der Waals surface area contributed by atoms with Crippen molar-refractivity contribution in [1.82, 2.24) is 10.2 Å². The molecule has 0 radical (unpaired) electrons. The highest BCUT2D eigenvalue weighted by molar-refractivity contribution is 5.76. The molecule has 1 fully saturated rings. The van der Waals surface area contributed by atoms with E-state index in [4.69, 9.17) is 4.74 Å². The summed E-state index contributed by atoms with van der Waals surface area (Å²) in [7, 11) is 1.98. The zero-order valence-electron chi connectivity index (χ0n) is 14.7. The van der Waals surface area contributed by atoms with Gasteiger partial charge in [-0.2, -0.15) is 0 Å². The third-order valence-electron chi connectivity index (χ3n) is 4.65. The average Bonchev–Trinajstić information content (AvgIpc) is 2.55. The number of aryl methyl sites for hydroxylation is 2. The van der Waals surface area contributed by atoms with Gasteiger partial charge in [-0.25, -0.2) is 0 Å². The minimum Gasteiger partial charge on any atom is -0.494 e. The van der Waals surface area contributed by atoms with Crippen LogP contribution in [0.4, 0.5) is 0 Å². The summed E-state index contributed by atoms with van der Waals surface area (Å²) < 4.78 is 5.76. The van der Waals surface area contributed by atoms with Crippen molar-refractivity contribution < 1.29 is 9.53 Å². The summed E-state index contributed by atoms with van der Waals surface area (Å²) >= 11 is 0. The van der Waals surface area contributed by atoms with E-state index in [-0.39, 0.29) is 5.91 Å². The van der Waals surface area contributed by atoms with Gasteiger partial charge in [-0.3, -0.25) is 4.79 Å². The summed E-state index contributed by atoms with van der Waals surface area (Å²) in [5, 5.41) is 3.22. The SMILES string of the molecule is CNC[C@@H]1CCCN(C(=O)CCCOc2ccc(C)c(C)c2)C1. The van der Waals surface area contributed by atoms with Crippen LogP contribution in [-0.2, 0) is 4.79 Å². The minimum absolute atomic E-state index is 0.273. The zero-order valence-corrected chi connectivity index (χ0v) is 14.7. The minimum atomic E-state index is 0.273. The predicted molar refractivity (Wildman–Crippen MR) is 93.9 cm³/mol. The molecule has 1 aromatic rings. The lowest BCUT2D eigenvalue weighted by molar-refractivity contribution is -0.133. The highest BCUT2D eigenvalue weighted by Gasteiger charge is 2.22. The van der Waals surface area contributed by atoms with Crippen molar-refractivity contribution >= 4 is 5.91 Å². The highest BCUT2D eigenvalue weighted by atomic mass is 16.5. The van der Waals surface area contributed by atoms with Gasteiger partial charge < -0.3 is 15.0 Å². The number of ether oxygens (including phenoxy) is 1. The van der Waals surface area contributed by atoms with Gasteiger partial charge in [0.1, 0.15) is 5.75 Å². The molecular formula is C19H30N2O2. The smallest absolute Gasteiger partial charge is 0.222 e. The predicted octanol–water partition coefficient (Wildman–Crippen LogP) is 2.92. The number of nitrogens with zero attached hydrogens (tertiary/aromatic N) is 1. The molecule has 1 aliphatic rings. The number of carbonyl (C=O) groups excluding carboxylic acids is 1. The number of benzene rings is 1. The monoisotopic (exact) mass is 318 g/mol. The second-order valence-corrected chi connectivity index (χ2v) is 6.60. The number of rotatable bonds is 7. The maximum Gasteiger partial charge on any atom is 0.222 e. The number of amides is 1. The molecule has 23 heavy (non-hydrogen) atoms. The molecule has 4 nitrogen and oxygen atoms in total. The number of likely N-dealkylation sites (tertiary alicyclic amines) is 1. The Bertz CT molecular complexity index is 514. The van der Waals surface area contributed by atoms with Crippen LogP contribution in [-0.4, -0.2) is 44.1 Å². The van der Waals surface area contributed by atoms with Crippen LogP contribution >= 0.6 is 0 Å². The van der Waals surface area contributed by atoms with Crippen molar-refractivity contribution in [3.05, 3.63) is 29.3 Å². The Morgan fingerprint density at radius 1 is 1.35 bits per heavy atom. The molecule has 1 atom stereocenters. The Balaban J connectivity index is 1.69. The molecule has 0 spiro atoms. The van der Waals surface area contributed by atoms with Gasteiger partial charge >= 0.3 is 0 Å². The van der Waals surface area contributed by atoms with E-state index in [0.717, 1.165) is 38.2 Å². The zero-order chi connectivity index (χ0) is 16.7. The normalized spacial score (nSPS) is 18.0. The Labute approximate surface area is 140 Å². The van der Waals surface area contributed by atoms with E-state index >= 15 is 0 Å². The molecule has 1 N–H and O–H groups in total. The number of hydrogen-bond donors (Lipinski definition) is 1. The number of piperidine rings is 1. The van der Waals surface area contributed by atoms with E-state index < -0.39 is 0 Å². The number of hydrogen-bond acceptors (Lipinski definition) is 3. The molecule has 0 bridgehead atoms. The second kappa shape index (κ2) is 8.92. The van der Waals surface area contributed by atoms with Crippen LogP contribution in [0.15, 0.2) is 18.2 Å². The number of carbonyl (C=O) groups is 1. The lowest BCUT2D eigenvalue weighted by Gasteiger charge is -2.32. The van der Waals surface area contributed by atoms with E-state index in [2.05, 4.69) is 31.3 Å². The van der Waals surface area contributed by atoms with Crippen molar-refractivity contribution in [3.63, 3.8) is 0 Å². The molecule has 1 heterocycles. The van der Waals surface area contributed by atoms with Gasteiger partial charge in [0.25, 0.3) is 0 Å². The summed E-state index contributed by atoms with van der Waals surface area (Å²) in [4.78, 5) is 14.3. The molecule has 0 saturated carbocycles. The maximum atomic E-state index is 12.3. The van der Waals surface area contributed by atoms with Crippen molar-refractivity contribution in [2.24, 2.45) is 5.92 Å². The molecule has 4 heteroatoms. The fraction of sp³-hybridized carbons (Fsp3) is 0.632. The van der Waals surface area contributed by atoms with Crippen LogP contribution in [0.2, 0.25) is 0 Å². The van der Waals surface area contributed by atoms with Gasteiger partial charge in [0, 0.05) is 19.5 Å². The molecule has 1 amide bonds. The first kappa shape index (κ1) is 17.8. The van der Waals surface area contributed by atoms with Gasteiger partial charge in [0.15, 0.2) is 0 Å². The Kier molecular flexibility index (Phi) is 6.90. The summed E-state index contributed by atoms with van der Waals surface area (Å²) in [5.74, 6) is 1.77. The lowest BCUT2D eigenvalue weighted by atomic mass is 9.97. The summed E-state index contributed by atoms with van der Waals surface area (Å²) in [6, 6.07) is 6.13. The van der Waals surface area contributed by atoms with Gasteiger partial charge in [0.05, 0.1) is 6.61 Å². The number of nitrogens with one attached hydrogen (secondary N) is 1. The second-order valence-electron chi connectivity index (χ2n) is 6.60. The fourth-order valence-electron chi connectivity index (χ4n) is 3.12. The van der Waals surface area contributed by atoms with Gasteiger partial charge in [0.2, 0.25) is 5.91 Å². The first-order valence-electron chi connectivity index (χ1n) is 8.72.